The van der Waals surface area contributed by atoms with Gasteiger partial charge in [0, 0.05) is 22.7 Å². The van der Waals surface area contributed by atoms with Crippen molar-refractivity contribution >= 4 is 42.2 Å². The van der Waals surface area contributed by atoms with Gasteiger partial charge in [-0.2, -0.15) is 10.0 Å². The van der Waals surface area contributed by atoms with Gasteiger partial charge < -0.3 is 10.1 Å². The van der Waals surface area contributed by atoms with Gasteiger partial charge in [0.2, 0.25) is 0 Å². The van der Waals surface area contributed by atoms with Crippen LogP contribution in [0, 0.1) is 6.92 Å². The molecule has 188 valence electrons. The number of sulfone groups is 1. The lowest BCUT2D eigenvalue weighted by atomic mass is 10.2. The fraction of sp³-hybridized carbons (Fsp3) is 0.269. The van der Waals surface area contributed by atoms with Crippen LogP contribution in [-0.2, 0) is 9.84 Å². The topological polar surface area (TPSA) is 94.1 Å². The van der Waals surface area contributed by atoms with Crippen molar-refractivity contribution in [3.05, 3.63) is 78.1 Å². The first kappa shape index (κ1) is 24.7. The van der Waals surface area contributed by atoms with Gasteiger partial charge in [0.05, 0.1) is 22.2 Å². The molecule has 1 aliphatic heterocycles. The van der Waals surface area contributed by atoms with Crippen molar-refractivity contribution in [3.63, 3.8) is 0 Å². The summed E-state index contributed by atoms with van der Waals surface area (Å²) in [6.07, 6.45) is 7.12. The molecule has 0 spiro atoms. The lowest BCUT2D eigenvalue weighted by Gasteiger charge is -2.44. The minimum atomic E-state index is -2.99. The zero-order chi connectivity index (χ0) is 25.2. The average Bonchev–Trinajstić information content (AvgIpc) is 3.30. The summed E-state index contributed by atoms with van der Waals surface area (Å²) in [6.45, 7) is 1.95. The van der Waals surface area contributed by atoms with Gasteiger partial charge in [-0.3, -0.25) is 4.98 Å². The third-order valence-electron chi connectivity index (χ3n) is 6.37. The second-order valence-electron chi connectivity index (χ2n) is 8.85. The Bertz CT molecular complexity index is 1430. The molecule has 7 nitrogen and oxygen atoms in total. The van der Waals surface area contributed by atoms with Crippen LogP contribution in [0.3, 0.4) is 0 Å². The predicted molar refractivity (Wildman–Crippen MR) is 147 cm³/mol. The number of aryl methyl sites for hydroxylation is 1. The van der Waals surface area contributed by atoms with Crippen molar-refractivity contribution in [2.45, 2.75) is 34.9 Å². The van der Waals surface area contributed by atoms with Crippen molar-refractivity contribution in [1.82, 2.24) is 15.0 Å². The number of ether oxygens (including phenoxy) is 1. The maximum Gasteiger partial charge on any atom is 0.188 e. The second-order valence-corrected chi connectivity index (χ2v) is 15.5. The molecular formula is C26H28N4O3S3. The van der Waals surface area contributed by atoms with E-state index in [4.69, 9.17) is 14.7 Å². The minimum absolute atomic E-state index is 0.169. The van der Waals surface area contributed by atoms with Gasteiger partial charge in [0.25, 0.3) is 0 Å². The van der Waals surface area contributed by atoms with Gasteiger partial charge in [0.1, 0.15) is 15.6 Å². The molecule has 0 aliphatic carbocycles. The van der Waals surface area contributed by atoms with Crippen molar-refractivity contribution in [2.75, 3.05) is 23.1 Å². The molecule has 4 heterocycles. The number of hydrogen-bond acceptors (Lipinski definition) is 8. The maximum atomic E-state index is 12.2. The number of pyridine rings is 2. The summed E-state index contributed by atoms with van der Waals surface area (Å²) in [7, 11) is -4.70. The standard InChI is InChI=1S/C26H28N4O3S3/c1-19-18-34-26(29-19)30-25-23(33-20-8-4-3-5-9-20)16-22(17-28-25)35(2,24-10-6-7-13-27-24)21-11-14-36(31,32)15-12-21/h3-10,13,16-18,21H,11-12,14-15H2,1-2H3,(H,28,29,30). The molecule has 3 aromatic heterocycles. The molecule has 0 bridgehead atoms. The number of benzene rings is 1. The molecule has 4 aromatic rings. The van der Waals surface area contributed by atoms with E-state index < -0.39 is 19.9 Å². The zero-order valence-electron chi connectivity index (χ0n) is 20.1. The number of thiazole rings is 1. The van der Waals surface area contributed by atoms with Crippen LogP contribution < -0.4 is 10.1 Å². The number of rotatable bonds is 7. The SMILES string of the molecule is Cc1csc(Nc2ncc(S(C)(c3ccccn3)C3CCS(=O)(=O)CC3)cc2Oc2ccccc2)n1. The molecule has 1 aliphatic rings. The molecule has 5 rings (SSSR count). The Hall–Kier alpha value is -2.95. The van der Waals surface area contributed by atoms with Crippen LogP contribution in [0.1, 0.15) is 18.5 Å². The van der Waals surface area contributed by atoms with E-state index in [1.807, 2.05) is 73.1 Å². The molecule has 0 radical (unpaired) electrons. The number of para-hydroxylation sites is 1. The van der Waals surface area contributed by atoms with E-state index in [2.05, 4.69) is 16.6 Å². The Morgan fingerprint density at radius 1 is 1.06 bits per heavy atom. The molecule has 1 unspecified atom stereocenters. The normalized spacial score (nSPS) is 18.2. The van der Waals surface area contributed by atoms with Crippen molar-refractivity contribution in [1.29, 1.82) is 0 Å². The lowest BCUT2D eigenvalue weighted by Crippen LogP contribution is -2.31. The maximum absolute atomic E-state index is 12.2. The van der Waals surface area contributed by atoms with Crippen LogP contribution in [0.25, 0.3) is 0 Å². The van der Waals surface area contributed by atoms with Crippen molar-refractivity contribution < 1.29 is 13.2 Å². The molecule has 1 N–H and O–H groups in total. The van der Waals surface area contributed by atoms with Crippen LogP contribution in [0.5, 0.6) is 11.5 Å². The number of nitrogens with zero attached hydrogens (tertiary/aromatic N) is 3. The van der Waals surface area contributed by atoms with Crippen LogP contribution in [-0.4, -0.2) is 46.4 Å². The van der Waals surface area contributed by atoms with Gasteiger partial charge >= 0.3 is 0 Å². The highest BCUT2D eigenvalue weighted by atomic mass is 32.3. The molecular weight excluding hydrogens is 513 g/mol. The van der Waals surface area contributed by atoms with Gasteiger partial charge in [0.15, 0.2) is 16.7 Å². The van der Waals surface area contributed by atoms with Crippen LogP contribution in [0.4, 0.5) is 10.9 Å². The fourth-order valence-corrected chi connectivity index (χ4v) is 10.3. The Kier molecular flexibility index (Phi) is 7.00. The first-order valence-electron chi connectivity index (χ1n) is 11.6. The monoisotopic (exact) mass is 540 g/mol. The zero-order valence-corrected chi connectivity index (χ0v) is 22.6. The van der Waals surface area contributed by atoms with Crippen LogP contribution in [0.2, 0.25) is 0 Å². The summed E-state index contributed by atoms with van der Waals surface area (Å²) in [5.74, 6) is 2.28. The van der Waals surface area contributed by atoms with Gasteiger partial charge in [-0.15, -0.1) is 11.3 Å². The Morgan fingerprint density at radius 2 is 1.81 bits per heavy atom. The van der Waals surface area contributed by atoms with Crippen LogP contribution in [0.15, 0.2) is 82.3 Å². The second kappa shape index (κ2) is 10.2. The Balaban J connectivity index is 1.59. The predicted octanol–water partition coefficient (Wildman–Crippen LogP) is 6.21. The number of aromatic nitrogens is 3. The summed E-state index contributed by atoms with van der Waals surface area (Å²) in [4.78, 5) is 15.1. The summed E-state index contributed by atoms with van der Waals surface area (Å²) in [5, 5.41) is 7.17. The quantitative estimate of drug-likeness (QED) is 0.298. The van der Waals surface area contributed by atoms with E-state index >= 15 is 0 Å². The van der Waals surface area contributed by atoms with E-state index in [1.165, 1.54) is 11.3 Å². The summed E-state index contributed by atoms with van der Waals surface area (Å²) >= 11 is 1.51. The Morgan fingerprint density at radius 3 is 2.47 bits per heavy atom. The molecule has 10 heteroatoms. The molecule has 1 saturated heterocycles. The number of hydrogen-bond donors (Lipinski definition) is 1. The minimum Gasteiger partial charge on any atom is -0.453 e. The fourth-order valence-electron chi connectivity index (χ4n) is 4.38. The van der Waals surface area contributed by atoms with E-state index in [9.17, 15) is 8.42 Å². The molecule has 1 aromatic carbocycles. The third-order valence-corrected chi connectivity index (χ3v) is 13.1. The molecule has 1 atom stereocenters. The summed E-state index contributed by atoms with van der Waals surface area (Å²) < 4.78 is 30.8. The van der Waals surface area contributed by atoms with Crippen molar-refractivity contribution in [3.8, 4) is 11.5 Å². The van der Waals surface area contributed by atoms with E-state index in [-0.39, 0.29) is 16.8 Å². The molecule has 1 fully saturated rings. The third kappa shape index (κ3) is 5.25. The highest BCUT2D eigenvalue weighted by Crippen LogP contribution is 2.65. The van der Waals surface area contributed by atoms with Gasteiger partial charge in [-0.05, 0) is 61.6 Å². The lowest BCUT2D eigenvalue weighted by molar-refractivity contribution is 0.481. The smallest absolute Gasteiger partial charge is 0.188 e. The first-order valence-corrected chi connectivity index (χ1v) is 16.4. The highest BCUT2D eigenvalue weighted by Gasteiger charge is 2.38. The van der Waals surface area contributed by atoms with E-state index in [0.29, 0.717) is 30.2 Å². The van der Waals surface area contributed by atoms with Crippen LogP contribution >= 0.6 is 21.4 Å². The van der Waals surface area contributed by atoms with Gasteiger partial charge in [-0.25, -0.2) is 18.4 Å². The summed E-state index contributed by atoms with van der Waals surface area (Å²) in [5.41, 5.74) is 0.934. The molecule has 0 amide bonds. The Labute approximate surface area is 217 Å². The number of nitrogens with one attached hydrogen (secondary N) is 1. The largest absolute Gasteiger partial charge is 0.453 e. The molecule has 0 saturated carbocycles. The first-order chi connectivity index (χ1) is 17.3. The number of anilines is 2. The average molecular weight is 541 g/mol. The van der Waals surface area contributed by atoms with Crippen molar-refractivity contribution in [2.24, 2.45) is 0 Å². The van der Waals surface area contributed by atoms with Gasteiger partial charge in [-0.1, -0.05) is 24.3 Å². The molecule has 36 heavy (non-hydrogen) atoms. The summed E-state index contributed by atoms with van der Waals surface area (Å²) in [6, 6.07) is 17.6. The highest BCUT2D eigenvalue weighted by molar-refractivity contribution is 8.33. The van der Waals surface area contributed by atoms with E-state index in [1.54, 1.807) is 6.20 Å². The van der Waals surface area contributed by atoms with E-state index in [0.717, 1.165) is 20.7 Å².